The number of aromatic nitrogens is 2. The molecule has 2 nitrogen and oxygen atoms in total. The Bertz CT molecular complexity index is 885. The van der Waals surface area contributed by atoms with E-state index in [-0.39, 0.29) is 14.9 Å². The summed E-state index contributed by atoms with van der Waals surface area (Å²) in [5.74, 6) is -1.96. The number of imidazole rings is 1. The molecule has 0 saturated carbocycles. The van der Waals surface area contributed by atoms with Crippen molar-refractivity contribution < 1.29 is 13.2 Å². The SMILES string of the molecule is Fc1ccc(-n2c(=S)[nH]c3cc(Br)c(F)cc32)c(F)c1. The van der Waals surface area contributed by atoms with E-state index in [4.69, 9.17) is 12.2 Å². The predicted octanol–water partition coefficient (Wildman–Crippen LogP) is 4.87. The number of rotatable bonds is 1. The van der Waals surface area contributed by atoms with Gasteiger partial charge in [0.2, 0.25) is 0 Å². The van der Waals surface area contributed by atoms with Crippen LogP contribution in [0.5, 0.6) is 0 Å². The second-order valence-corrected chi connectivity index (χ2v) is 5.39. The molecule has 1 N–H and O–H groups in total. The normalized spacial score (nSPS) is 11.2. The fourth-order valence-electron chi connectivity index (χ4n) is 2.00. The number of H-pyrrole nitrogens is 1. The second kappa shape index (κ2) is 4.75. The maximum Gasteiger partial charge on any atom is 0.182 e. The van der Waals surface area contributed by atoms with Gasteiger partial charge < -0.3 is 4.98 Å². The number of hydrogen-bond acceptors (Lipinski definition) is 1. The summed E-state index contributed by atoms with van der Waals surface area (Å²) in [5, 5.41) is 0. The highest BCUT2D eigenvalue weighted by molar-refractivity contribution is 9.10. The molecule has 3 aromatic rings. The lowest BCUT2D eigenvalue weighted by molar-refractivity contribution is 0.578. The third kappa shape index (κ3) is 2.06. The van der Waals surface area contributed by atoms with Crippen molar-refractivity contribution in [2.45, 2.75) is 0 Å². The first-order valence-electron chi connectivity index (χ1n) is 5.52. The summed E-state index contributed by atoms with van der Waals surface area (Å²) in [6.45, 7) is 0. The molecule has 0 saturated heterocycles. The molecule has 0 spiro atoms. The molecule has 7 heteroatoms. The number of aromatic amines is 1. The van der Waals surface area contributed by atoms with Crippen LogP contribution in [-0.2, 0) is 0 Å². The predicted molar refractivity (Wildman–Crippen MR) is 76.0 cm³/mol. The molecule has 2 aromatic carbocycles. The molecule has 0 aliphatic rings. The highest BCUT2D eigenvalue weighted by Gasteiger charge is 2.13. The Morgan fingerprint density at radius 1 is 1.05 bits per heavy atom. The van der Waals surface area contributed by atoms with Gasteiger partial charge in [-0.25, -0.2) is 13.2 Å². The van der Waals surface area contributed by atoms with Gasteiger partial charge in [0.05, 0.1) is 21.2 Å². The average Bonchev–Trinajstić information content (AvgIpc) is 2.66. The van der Waals surface area contributed by atoms with Crippen LogP contribution in [-0.4, -0.2) is 9.55 Å². The summed E-state index contributed by atoms with van der Waals surface area (Å²) >= 11 is 8.19. The van der Waals surface area contributed by atoms with Crippen LogP contribution in [0.15, 0.2) is 34.8 Å². The molecular formula is C13H6BrF3N2S. The van der Waals surface area contributed by atoms with Gasteiger partial charge in [-0.1, -0.05) is 0 Å². The quantitative estimate of drug-likeness (QED) is 0.615. The third-order valence-corrected chi connectivity index (χ3v) is 3.77. The molecule has 1 heterocycles. The lowest BCUT2D eigenvalue weighted by Crippen LogP contribution is -1.98. The molecule has 1 aromatic heterocycles. The zero-order chi connectivity index (χ0) is 14.4. The van der Waals surface area contributed by atoms with E-state index in [2.05, 4.69) is 20.9 Å². The number of benzene rings is 2. The topological polar surface area (TPSA) is 20.7 Å². The average molecular weight is 359 g/mol. The lowest BCUT2D eigenvalue weighted by Gasteiger charge is -2.06. The van der Waals surface area contributed by atoms with Crippen molar-refractivity contribution >= 4 is 39.2 Å². The van der Waals surface area contributed by atoms with Crippen LogP contribution in [0.3, 0.4) is 0 Å². The van der Waals surface area contributed by atoms with Gasteiger partial charge in [-0.15, -0.1) is 0 Å². The van der Waals surface area contributed by atoms with Gasteiger partial charge >= 0.3 is 0 Å². The van der Waals surface area contributed by atoms with E-state index in [1.807, 2.05) is 0 Å². The van der Waals surface area contributed by atoms with Gasteiger partial charge in [-0.3, -0.25) is 4.57 Å². The minimum atomic E-state index is -0.773. The summed E-state index contributed by atoms with van der Waals surface area (Å²) in [6.07, 6.45) is 0. The number of nitrogens with zero attached hydrogens (tertiary/aromatic N) is 1. The standard InChI is InChI=1S/C13H6BrF3N2S/c14-7-4-10-12(5-8(7)16)19(13(20)18-10)11-2-1-6(15)3-9(11)17/h1-5H,(H,18,20). The maximum atomic E-state index is 13.9. The lowest BCUT2D eigenvalue weighted by atomic mass is 10.2. The molecule has 20 heavy (non-hydrogen) atoms. The van der Waals surface area contributed by atoms with E-state index in [0.717, 1.165) is 12.1 Å². The van der Waals surface area contributed by atoms with Crippen molar-refractivity contribution in [1.29, 1.82) is 0 Å². The van der Waals surface area contributed by atoms with Crippen molar-refractivity contribution in [2.75, 3.05) is 0 Å². The van der Waals surface area contributed by atoms with E-state index in [9.17, 15) is 13.2 Å². The van der Waals surface area contributed by atoms with E-state index in [0.29, 0.717) is 11.0 Å². The Labute approximate surface area is 125 Å². The zero-order valence-electron chi connectivity index (χ0n) is 9.75. The summed E-state index contributed by atoms with van der Waals surface area (Å²) in [6, 6.07) is 5.87. The Hall–Kier alpha value is -1.60. The zero-order valence-corrected chi connectivity index (χ0v) is 12.2. The first kappa shape index (κ1) is 13.4. The van der Waals surface area contributed by atoms with Crippen molar-refractivity contribution in [1.82, 2.24) is 9.55 Å². The number of nitrogens with one attached hydrogen (secondary N) is 1. The summed E-state index contributed by atoms with van der Waals surface area (Å²) in [4.78, 5) is 2.86. The largest absolute Gasteiger partial charge is 0.330 e. The Kier molecular flexibility index (Phi) is 3.18. The summed E-state index contributed by atoms with van der Waals surface area (Å²) in [7, 11) is 0. The van der Waals surface area contributed by atoms with E-state index in [1.165, 1.54) is 22.8 Å². The molecule has 0 bridgehead atoms. The van der Waals surface area contributed by atoms with Crippen LogP contribution in [0, 0.1) is 22.2 Å². The van der Waals surface area contributed by atoms with Crippen molar-refractivity contribution in [3.63, 3.8) is 0 Å². The molecular weight excluding hydrogens is 353 g/mol. The molecule has 0 amide bonds. The van der Waals surface area contributed by atoms with Crippen LogP contribution in [0.1, 0.15) is 0 Å². The van der Waals surface area contributed by atoms with E-state index >= 15 is 0 Å². The summed E-state index contributed by atoms with van der Waals surface area (Å²) in [5.41, 5.74) is 0.984. The van der Waals surface area contributed by atoms with Crippen LogP contribution >= 0.6 is 28.1 Å². The third-order valence-electron chi connectivity index (χ3n) is 2.87. The van der Waals surface area contributed by atoms with Gasteiger partial charge in [0, 0.05) is 12.1 Å². The van der Waals surface area contributed by atoms with Crippen molar-refractivity contribution in [2.24, 2.45) is 0 Å². The molecule has 0 aliphatic heterocycles. The minimum Gasteiger partial charge on any atom is -0.330 e. The molecule has 0 radical (unpaired) electrons. The fraction of sp³-hybridized carbons (Fsp3) is 0. The Morgan fingerprint density at radius 3 is 2.50 bits per heavy atom. The first-order chi connectivity index (χ1) is 9.47. The monoisotopic (exact) mass is 358 g/mol. The molecule has 0 fully saturated rings. The number of hydrogen-bond donors (Lipinski definition) is 1. The van der Waals surface area contributed by atoms with Crippen LogP contribution in [0.25, 0.3) is 16.7 Å². The second-order valence-electron chi connectivity index (χ2n) is 4.14. The molecule has 102 valence electrons. The van der Waals surface area contributed by atoms with Crippen LogP contribution < -0.4 is 0 Å². The van der Waals surface area contributed by atoms with Crippen molar-refractivity contribution in [3.05, 3.63) is 57.0 Å². The fourth-order valence-corrected chi connectivity index (χ4v) is 2.65. The van der Waals surface area contributed by atoms with Crippen molar-refractivity contribution in [3.8, 4) is 5.69 Å². The number of fused-ring (bicyclic) bond motifs is 1. The van der Waals surface area contributed by atoms with Gasteiger partial charge in [-0.2, -0.15) is 0 Å². The highest BCUT2D eigenvalue weighted by Crippen LogP contribution is 2.26. The van der Waals surface area contributed by atoms with Crippen LogP contribution in [0.2, 0.25) is 0 Å². The smallest absolute Gasteiger partial charge is 0.182 e. The van der Waals surface area contributed by atoms with Gasteiger partial charge in [0.1, 0.15) is 17.5 Å². The van der Waals surface area contributed by atoms with Crippen LogP contribution in [0.4, 0.5) is 13.2 Å². The molecule has 0 aliphatic carbocycles. The van der Waals surface area contributed by atoms with Gasteiger partial charge in [0.15, 0.2) is 4.77 Å². The highest BCUT2D eigenvalue weighted by atomic mass is 79.9. The van der Waals surface area contributed by atoms with E-state index in [1.54, 1.807) is 0 Å². The Morgan fingerprint density at radius 2 is 1.80 bits per heavy atom. The molecule has 0 unspecified atom stereocenters. The molecule has 0 atom stereocenters. The number of halogens is 4. The molecule has 3 rings (SSSR count). The Balaban J connectivity index is 2.39. The first-order valence-corrected chi connectivity index (χ1v) is 6.72. The van der Waals surface area contributed by atoms with Gasteiger partial charge in [0.25, 0.3) is 0 Å². The maximum absolute atomic E-state index is 13.9. The minimum absolute atomic E-state index is 0.0596. The summed E-state index contributed by atoms with van der Waals surface area (Å²) < 4.78 is 42.3. The van der Waals surface area contributed by atoms with E-state index < -0.39 is 17.5 Å². The van der Waals surface area contributed by atoms with Gasteiger partial charge in [-0.05, 0) is 46.3 Å².